The number of carbonyl (C=O) groups excluding carboxylic acids is 1. The zero-order valence-electron chi connectivity index (χ0n) is 17.8. The van der Waals surface area contributed by atoms with Crippen molar-refractivity contribution in [1.82, 2.24) is 14.9 Å². The van der Waals surface area contributed by atoms with Crippen molar-refractivity contribution in [2.45, 2.75) is 40.3 Å². The number of nitrogens with zero attached hydrogens (tertiary/aromatic N) is 2. The highest BCUT2D eigenvalue weighted by atomic mass is 19.1. The Labute approximate surface area is 175 Å². The summed E-state index contributed by atoms with van der Waals surface area (Å²) in [6.07, 6.45) is 0.0977. The lowest BCUT2D eigenvalue weighted by molar-refractivity contribution is -0.0380. The number of rotatable bonds is 6. The lowest BCUT2D eigenvalue weighted by atomic mass is 10.1. The number of pyridine rings is 1. The molecule has 0 spiro atoms. The minimum atomic E-state index is -0.257. The fourth-order valence-electron chi connectivity index (χ4n) is 3.86. The Morgan fingerprint density at radius 3 is 2.80 bits per heavy atom. The molecule has 0 bridgehead atoms. The number of H-pyrrole nitrogens is 1. The Hall–Kier alpha value is -2.93. The zero-order valence-corrected chi connectivity index (χ0v) is 17.8. The van der Waals surface area contributed by atoms with E-state index in [1.165, 1.54) is 6.07 Å². The normalized spacial score (nSPS) is 14.2. The van der Waals surface area contributed by atoms with E-state index < -0.39 is 0 Å². The lowest BCUT2D eigenvalue weighted by Gasteiger charge is -2.38. The molecule has 0 saturated carbocycles. The number of ether oxygens (including phenoxy) is 1. The van der Waals surface area contributed by atoms with Crippen molar-refractivity contribution in [3.05, 3.63) is 58.2 Å². The maximum atomic E-state index is 14.3. The maximum absolute atomic E-state index is 14.3. The average molecular weight is 410 g/mol. The Balaban J connectivity index is 1.65. The summed E-state index contributed by atoms with van der Waals surface area (Å²) in [7, 11) is 0. The van der Waals surface area contributed by atoms with E-state index in [1.807, 2.05) is 39.8 Å². The third-order valence-corrected chi connectivity index (χ3v) is 5.84. The second kappa shape index (κ2) is 8.07. The zero-order chi connectivity index (χ0) is 21.4. The van der Waals surface area contributed by atoms with Crippen molar-refractivity contribution >= 4 is 22.6 Å². The van der Waals surface area contributed by atoms with Crippen LogP contribution in [0.3, 0.4) is 0 Å². The van der Waals surface area contributed by atoms with Crippen LogP contribution in [0.15, 0.2) is 24.3 Å². The highest BCUT2D eigenvalue weighted by Crippen LogP contribution is 2.29. The van der Waals surface area contributed by atoms with Crippen LogP contribution in [0.5, 0.6) is 0 Å². The third-order valence-electron chi connectivity index (χ3n) is 5.84. The number of anilines is 1. The molecule has 158 valence electrons. The summed E-state index contributed by atoms with van der Waals surface area (Å²) in [4.78, 5) is 22.7. The molecule has 3 heterocycles. The van der Waals surface area contributed by atoms with Crippen LogP contribution in [-0.2, 0) is 11.3 Å². The van der Waals surface area contributed by atoms with Gasteiger partial charge in [-0.1, -0.05) is 12.1 Å². The summed E-state index contributed by atoms with van der Waals surface area (Å²) < 4.78 is 19.8. The fourth-order valence-corrected chi connectivity index (χ4v) is 3.86. The Morgan fingerprint density at radius 2 is 2.10 bits per heavy atom. The number of likely N-dealkylation sites (tertiary alicyclic amines) is 1. The number of carbonyl (C=O) groups is 1. The molecule has 6 nitrogen and oxygen atoms in total. The molecule has 1 aromatic carbocycles. The minimum Gasteiger partial charge on any atom is -0.375 e. The SMILES string of the molecule is CCOC1CN(C(=O)c2cc3c(C)c(C)[nH]c3c(NCc3c(C)cccc3F)n2)C1. The van der Waals surface area contributed by atoms with Gasteiger partial charge in [-0.25, -0.2) is 9.37 Å². The predicted molar refractivity (Wildman–Crippen MR) is 115 cm³/mol. The molecular weight excluding hydrogens is 383 g/mol. The van der Waals surface area contributed by atoms with Gasteiger partial charge in [0.25, 0.3) is 5.91 Å². The second-order valence-corrected chi connectivity index (χ2v) is 7.83. The van der Waals surface area contributed by atoms with Crippen LogP contribution in [0.1, 0.15) is 39.8 Å². The van der Waals surface area contributed by atoms with Crippen LogP contribution in [0.4, 0.5) is 10.2 Å². The molecule has 0 radical (unpaired) electrons. The molecule has 2 aromatic heterocycles. The smallest absolute Gasteiger partial charge is 0.272 e. The van der Waals surface area contributed by atoms with Crippen molar-refractivity contribution in [3.63, 3.8) is 0 Å². The van der Waals surface area contributed by atoms with E-state index >= 15 is 0 Å². The molecule has 0 aliphatic carbocycles. The number of hydrogen-bond acceptors (Lipinski definition) is 4. The van der Waals surface area contributed by atoms with E-state index in [0.717, 1.165) is 27.7 Å². The van der Waals surface area contributed by atoms with Gasteiger partial charge >= 0.3 is 0 Å². The molecular formula is C23H27FN4O2. The van der Waals surface area contributed by atoms with Crippen LogP contribution in [-0.4, -0.2) is 46.6 Å². The molecule has 0 unspecified atom stereocenters. The third kappa shape index (κ3) is 3.65. The van der Waals surface area contributed by atoms with Crippen molar-refractivity contribution in [3.8, 4) is 0 Å². The van der Waals surface area contributed by atoms with Gasteiger partial charge in [-0.2, -0.15) is 0 Å². The number of fused-ring (bicyclic) bond motifs is 1. The Morgan fingerprint density at radius 1 is 1.33 bits per heavy atom. The largest absolute Gasteiger partial charge is 0.375 e. The molecule has 2 N–H and O–H groups in total. The molecule has 3 aromatic rings. The van der Waals surface area contributed by atoms with Crippen LogP contribution in [0.2, 0.25) is 0 Å². The van der Waals surface area contributed by atoms with Crippen molar-refractivity contribution in [2.75, 3.05) is 25.0 Å². The molecule has 1 aliphatic heterocycles. The number of halogens is 1. The van der Waals surface area contributed by atoms with Crippen molar-refractivity contribution < 1.29 is 13.9 Å². The van der Waals surface area contributed by atoms with E-state index in [-0.39, 0.29) is 24.4 Å². The number of nitrogens with one attached hydrogen (secondary N) is 2. The summed E-state index contributed by atoms with van der Waals surface area (Å²) in [6.45, 7) is 9.92. The predicted octanol–water partition coefficient (Wildman–Crippen LogP) is 4.10. The number of hydrogen-bond donors (Lipinski definition) is 2. The van der Waals surface area contributed by atoms with Gasteiger partial charge in [0.1, 0.15) is 11.5 Å². The molecule has 1 saturated heterocycles. The van der Waals surface area contributed by atoms with Gasteiger partial charge in [-0.05, 0) is 51.0 Å². The van der Waals surface area contributed by atoms with Crippen LogP contribution in [0.25, 0.3) is 10.9 Å². The first-order chi connectivity index (χ1) is 14.4. The molecule has 1 amide bonds. The summed E-state index contributed by atoms with van der Waals surface area (Å²) in [6, 6.07) is 6.87. The van der Waals surface area contributed by atoms with Crippen molar-refractivity contribution in [2.24, 2.45) is 0 Å². The first kappa shape index (κ1) is 20.3. The van der Waals surface area contributed by atoms with Crippen LogP contribution < -0.4 is 5.32 Å². The van der Waals surface area contributed by atoms with Crippen molar-refractivity contribution in [1.29, 1.82) is 0 Å². The summed E-state index contributed by atoms with van der Waals surface area (Å²) in [5, 5.41) is 4.19. The van der Waals surface area contributed by atoms with Crippen LogP contribution >= 0.6 is 0 Å². The molecule has 7 heteroatoms. The van der Waals surface area contributed by atoms with E-state index in [9.17, 15) is 9.18 Å². The second-order valence-electron chi connectivity index (χ2n) is 7.83. The highest BCUT2D eigenvalue weighted by Gasteiger charge is 2.32. The monoisotopic (exact) mass is 410 g/mol. The Kier molecular flexibility index (Phi) is 5.47. The quantitative estimate of drug-likeness (QED) is 0.642. The Bertz CT molecular complexity index is 1080. The standard InChI is InChI=1S/C23H27FN4O2/c1-5-30-16-11-28(12-16)23(29)20-9-17-14(3)15(4)26-21(17)22(27-20)25-10-18-13(2)7-6-8-19(18)24/h6-9,16,26H,5,10-12H2,1-4H3,(H,25,27). The average Bonchev–Trinajstić information content (AvgIpc) is 2.98. The van der Waals surface area contributed by atoms with E-state index in [2.05, 4.69) is 15.3 Å². The maximum Gasteiger partial charge on any atom is 0.272 e. The summed E-state index contributed by atoms with van der Waals surface area (Å²) in [5.41, 5.74) is 4.75. The van der Waals surface area contributed by atoms with Gasteiger partial charge in [0.15, 0.2) is 5.82 Å². The molecule has 30 heavy (non-hydrogen) atoms. The molecule has 1 aliphatic rings. The first-order valence-electron chi connectivity index (χ1n) is 10.3. The van der Waals surface area contributed by atoms with Gasteiger partial charge in [0, 0.05) is 42.9 Å². The highest BCUT2D eigenvalue weighted by molar-refractivity contribution is 6.01. The summed E-state index contributed by atoms with van der Waals surface area (Å²) >= 11 is 0. The number of aromatic nitrogens is 2. The minimum absolute atomic E-state index is 0.0977. The number of benzene rings is 1. The molecule has 4 rings (SSSR count). The molecule has 1 fully saturated rings. The number of amides is 1. The van der Waals surface area contributed by atoms with Gasteiger partial charge in [0.2, 0.25) is 0 Å². The first-order valence-corrected chi connectivity index (χ1v) is 10.3. The number of aromatic amines is 1. The fraction of sp³-hybridized carbons (Fsp3) is 0.391. The van der Waals surface area contributed by atoms with Gasteiger partial charge in [0.05, 0.1) is 11.6 Å². The van der Waals surface area contributed by atoms with Gasteiger partial charge in [-0.3, -0.25) is 4.79 Å². The van der Waals surface area contributed by atoms with E-state index in [0.29, 0.717) is 36.8 Å². The topological polar surface area (TPSA) is 70.2 Å². The van der Waals surface area contributed by atoms with Gasteiger partial charge < -0.3 is 19.9 Å². The summed E-state index contributed by atoms with van der Waals surface area (Å²) in [5.74, 6) is 0.181. The van der Waals surface area contributed by atoms with Gasteiger partial charge in [-0.15, -0.1) is 0 Å². The van der Waals surface area contributed by atoms with E-state index in [4.69, 9.17) is 4.74 Å². The number of aryl methyl sites for hydroxylation is 3. The van der Waals surface area contributed by atoms with Crippen LogP contribution in [0, 0.1) is 26.6 Å². The van der Waals surface area contributed by atoms with E-state index in [1.54, 1.807) is 11.0 Å². The lowest BCUT2D eigenvalue weighted by Crippen LogP contribution is -2.54. The molecule has 0 atom stereocenters.